The predicted molar refractivity (Wildman–Crippen MR) is 84.3 cm³/mol. The minimum absolute atomic E-state index is 0.0572. The van der Waals surface area contributed by atoms with Gasteiger partial charge in [-0.2, -0.15) is 0 Å². The topological polar surface area (TPSA) is 34.0 Å². The van der Waals surface area contributed by atoms with Crippen LogP contribution in [0, 0.1) is 0 Å². The molecule has 1 heterocycles. The average Bonchev–Trinajstić information content (AvgIpc) is 2.41. The molecule has 0 spiro atoms. The van der Waals surface area contributed by atoms with Gasteiger partial charge in [0.2, 0.25) is 0 Å². The summed E-state index contributed by atoms with van der Waals surface area (Å²) < 4.78 is 1.83. The normalized spacial score (nSPS) is 11.1. The van der Waals surface area contributed by atoms with E-state index in [1.54, 1.807) is 0 Å². The van der Waals surface area contributed by atoms with Gasteiger partial charge in [0.05, 0.1) is 5.69 Å². The Bertz CT molecular complexity index is 645. The van der Waals surface area contributed by atoms with E-state index in [4.69, 9.17) is 11.6 Å². The molecule has 0 aliphatic heterocycles. The van der Waals surface area contributed by atoms with Gasteiger partial charge < -0.3 is 9.88 Å². The van der Waals surface area contributed by atoms with Crippen LogP contribution >= 0.6 is 11.6 Å². The molecule has 1 N–H and O–H groups in total. The van der Waals surface area contributed by atoms with Gasteiger partial charge in [-0.25, -0.2) is 0 Å². The van der Waals surface area contributed by atoms with E-state index in [0.29, 0.717) is 11.6 Å². The van der Waals surface area contributed by atoms with Crippen molar-refractivity contribution in [1.82, 2.24) is 9.88 Å². The number of nitrogens with zero attached hydrogens (tertiary/aromatic N) is 1. The summed E-state index contributed by atoms with van der Waals surface area (Å²) in [6.07, 6.45) is 0. The van der Waals surface area contributed by atoms with Crippen molar-refractivity contribution in [3.63, 3.8) is 0 Å². The number of benzene rings is 1. The van der Waals surface area contributed by atoms with Gasteiger partial charge in [0.25, 0.3) is 5.56 Å². The summed E-state index contributed by atoms with van der Waals surface area (Å²) in [6, 6.07) is 11.5. The first-order chi connectivity index (χ1) is 9.54. The van der Waals surface area contributed by atoms with Crippen LogP contribution in [0.3, 0.4) is 0 Å². The van der Waals surface area contributed by atoms with Gasteiger partial charge in [-0.15, -0.1) is 0 Å². The molecule has 2 aromatic rings. The zero-order valence-corrected chi connectivity index (χ0v) is 12.7. The molecular formula is C16H19ClN2O. The molecule has 106 valence electrons. The summed E-state index contributed by atoms with van der Waals surface area (Å²) in [7, 11) is 1.84. The summed E-state index contributed by atoms with van der Waals surface area (Å²) in [5.74, 6) is 0. The molecule has 0 saturated heterocycles. The van der Waals surface area contributed by atoms with Crippen LogP contribution in [-0.2, 0) is 6.54 Å². The van der Waals surface area contributed by atoms with Crippen LogP contribution in [0.4, 0.5) is 0 Å². The van der Waals surface area contributed by atoms with Crippen molar-refractivity contribution in [1.29, 1.82) is 0 Å². The second-order valence-corrected chi connectivity index (χ2v) is 5.49. The van der Waals surface area contributed by atoms with Crippen LogP contribution in [0.1, 0.15) is 25.5 Å². The lowest BCUT2D eigenvalue weighted by molar-refractivity contribution is 0.577. The lowest BCUT2D eigenvalue weighted by Gasteiger charge is -2.18. The van der Waals surface area contributed by atoms with E-state index in [2.05, 4.69) is 5.32 Å². The fourth-order valence-corrected chi connectivity index (χ4v) is 2.41. The maximum Gasteiger partial charge on any atom is 0.255 e. The highest BCUT2D eigenvalue weighted by atomic mass is 35.5. The van der Waals surface area contributed by atoms with Crippen molar-refractivity contribution in [2.75, 3.05) is 7.05 Å². The molecule has 0 unspecified atom stereocenters. The fourth-order valence-electron chi connectivity index (χ4n) is 2.29. The summed E-state index contributed by atoms with van der Waals surface area (Å²) in [4.78, 5) is 12.6. The van der Waals surface area contributed by atoms with Gasteiger partial charge in [0.1, 0.15) is 0 Å². The first kappa shape index (κ1) is 14.8. The molecular weight excluding hydrogens is 272 g/mol. The summed E-state index contributed by atoms with van der Waals surface area (Å²) in [5.41, 5.74) is 2.75. The van der Waals surface area contributed by atoms with Gasteiger partial charge in [0, 0.05) is 23.2 Å². The van der Waals surface area contributed by atoms with E-state index in [9.17, 15) is 4.79 Å². The molecule has 0 radical (unpaired) electrons. The first-order valence-electron chi connectivity index (χ1n) is 6.69. The van der Waals surface area contributed by atoms with Gasteiger partial charge in [-0.1, -0.05) is 29.8 Å². The minimum Gasteiger partial charge on any atom is -0.315 e. The van der Waals surface area contributed by atoms with Gasteiger partial charge in [-0.05, 0) is 44.7 Å². The lowest BCUT2D eigenvalue weighted by Crippen LogP contribution is -2.28. The Kier molecular flexibility index (Phi) is 4.63. The second-order valence-electron chi connectivity index (χ2n) is 5.05. The summed E-state index contributed by atoms with van der Waals surface area (Å²) in [6.45, 7) is 4.61. The number of nitrogens with one attached hydrogen (secondary N) is 1. The molecule has 0 bridgehead atoms. The minimum atomic E-state index is 0.0572. The Balaban J connectivity index is 2.61. The zero-order chi connectivity index (χ0) is 14.7. The smallest absolute Gasteiger partial charge is 0.255 e. The van der Waals surface area contributed by atoms with E-state index in [1.165, 1.54) is 0 Å². The highest BCUT2D eigenvalue weighted by Gasteiger charge is 2.12. The quantitative estimate of drug-likeness (QED) is 0.935. The molecule has 4 heteroatoms. The SMILES string of the molecule is CNCc1ccc(-c2ccc(Cl)cc2)n(C(C)C)c1=O. The highest BCUT2D eigenvalue weighted by Crippen LogP contribution is 2.23. The Morgan fingerprint density at radius 2 is 1.80 bits per heavy atom. The fraction of sp³-hybridized carbons (Fsp3) is 0.312. The number of rotatable bonds is 4. The highest BCUT2D eigenvalue weighted by molar-refractivity contribution is 6.30. The zero-order valence-electron chi connectivity index (χ0n) is 12.0. The standard InChI is InChI=1S/C16H19ClN2O/c1-11(2)19-15(12-4-7-14(17)8-5-12)9-6-13(10-18-3)16(19)20/h4-9,11,18H,10H2,1-3H3. The van der Waals surface area contributed by atoms with Crippen molar-refractivity contribution < 1.29 is 0 Å². The summed E-state index contributed by atoms with van der Waals surface area (Å²) in [5, 5.41) is 3.72. The molecule has 0 aliphatic rings. The van der Waals surface area contributed by atoms with Crippen molar-refractivity contribution in [3.05, 3.63) is 57.3 Å². The van der Waals surface area contributed by atoms with Crippen molar-refractivity contribution >= 4 is 11.6 Å². The second kappa shape index (κ2) is 6.25. The van der Waals surface area contributed by atoms with Crippen LogP contribution in [0.2, 0.25) is 5.02 Å². The predicted octanol–water partition coefficient (Wildman–Crippen LogP) is 3.47. The van der Waals surface area contributed by atoms with Gasteiger partial charge in [-0.3, -0.25) is 4.79 Å². The largest absolute Gasteiger partial charge is 0.315 e. The number of hydrogen-bond acceptors (Lipinski definition) is 2. The lowest BCUT2D eigenvalue weighted by atomic mass is 10.1. The third-order valence-electron chi connectivity index (χ3n) is 3.22. The Morgan fingerprint density at radius 3 is 2.35 bits per heavy atom. The number of halogens is 1. The van der Waals surface area contributed by atoms with Crippen LogP contribution in [0.5, 0.6) is 0 Å². The van der Waals surface area contributed by atoms with Crippen LogP contribution in [0.25, 0.3) is 11.3 Å². The molecule has 20 heavy (non-hydrogen) atoms. The number of hydrogen-bond donors (Lipinski definition) is 1. The van der Waals surface area contributed by atoms with E-state index >= 15 is 0 Å². The molecule has 1 aromatic carbocycles. The van der Waals surface area contributed by atoms with Crippen LogP contribution in [0.15, 0.2) is 41.2 Å². The van der Waals surface area contributed by atoms with E-state index in [0.717, 1.165) is 16.8 Å². The van der Waals surface area contributed by atoms with Crippen molar-refractivity contribution in [2.24, 2.45) is 0 Å². The molecule has 0 aliphatic carbocycles. The molecule has 3 nitrogen and oxygen atoms in total. The van der Waals surface area contributed by atoms with Crippen molar-refractivity contribution in [2.45, 2.75) is 26.4 Å². The molecule has 0 fully saturated rings. The molecule has 0 saturated carbocycles. The van der Waals surface area contributed by atoms with E-state index in [1.807, 2.05) is 61.9 Å². The summed E-state index contributed by atoms with van der Waals surface area (Å²) >= 11 is 5.92. The first-order valence-corrected chi connectivity index (χ1v) is 7.07. The maximum atomic E-state index is 12.6. The van der Waals surface area contributed by atoms with Gasteiger partial charge >= 0.3 is 0 Å². The average molecular weight is 291 g/mol. The molecule has 0 amide bonds. The molecule has 0 atom stereocenters. The van der Waals surface area contributed by atoms with Gasteiger partial charge in [0.15, 0.2) is 0 Å². The number of aromatic nitrogens is 1. The third kappa shape index (κ3) is 2.94. The molecule has 2 rings (SSSR count). The third-order valence-corrected chi connectivity index (χ3v) is 3.47. The molecule has 1 aromatic heterocycles. The Morgan fingerprint density at radius 1 is 1.15 bits per heavy atom. The van der Waals surface area contributed by atoms with Crippen molar-refractivity contribution in [3.8, 4) is 11.3 Å². The Hall–Kier alpha value is -1.58. The monoisotopic (exact) mass is 290 g/mol. The number of pyridine rings is 1. The van der Waals surface area contributed by atoms with E-state index in [-0.39, 0.29) is 11.6 Å². The van der Waals surface area contributed by atoms with Crippen LogP contribution < -0.4 is 10.9 Å². The maximum absolute atomic E-state index is 12.6. The van der Waals surface area contributed by atoms with E-state index < -0.39 is 0 Å². The van der Waals surface area contributed by atoms with Crippen LogP contribution in [-0.4, -0.2) is 11.6 Å². The Labute approximate surface area is 124 Å².